The topological polar surface area (TPSA) is 0 Å². The first-order valence-electron chi connectivity index (χ1n) is 2.48. The van der Waals surface area contributed by atoms with Crippen LogP contribution in [0.2, 0.25) is 0 Å². The molecule has 0 aromatic heterocycles. The van der Waals surface area contributed by atoms with Crippen molar-refractivity contribution in [3.8, 4) is 0 Å². The second-order valence-corrected chi connectivity index (χ2v) is 1.53. The number of hydrogen-bond donors (Lipinski definition) is 0. The average molecular weight is 130 g/mol. The summed E-state index contributed by atoms with van der Waals surface area (Å²) in [5.74, 6) is -0.590. The van der Waals surface area contributed by atoms with Crippen molar-refractivity contribution < 1.29 is 8.78 Å². The van der Waals surface area contributed by atoms with Crippen molar-refractivity contribution in [3.05, 3.63) is 36.5 Å². The van der Waals surface area contributed by atoms with Gasteiger partial charge in [0.2, 0.25) is 0 Å². The zero-order valence-electron chi connectivity index (χ0n) is 5.20. The summed E-state index contributed by atoms with van der Waals surface area (Å²) in [6.45, 7) is 4.83. The minimum absolute atomic E-state index is 0.155. The van der Waals surface area contributed by atoms with Crippen LogP contribution in [0, 0.1) is 0 Å². The molecule has 0 bridgehead atoms. The lowest BCUT2D eigenvalue weighted by Crippen LogP contribution is -1.70. The maximum atomic E-state index is 12.3. The average Bonchev–Trinajstić information content (AvgIpc) is 1.87. The van der Waals surface area contributed by atoms with E-state index in [1.165, 1.54) is 13.0 Å². The van der Waals surface area contributed by atoms with E-state index < -0.39 is 5.83 Å². The van der Waals surface area contributed by atoms with Crippen LogP contribution >= 0.6 is 0 Å². The lowest BCUT2D eigenvalue weighted by molar-refractivity contribution is 0.644. The summed E-state index contributed by atoms with van der Waals surface area (Å²) in [5, 5.41) is 0. The van der Waals surface area contributed by atoms with Gasteiger partial charge in [-0.2, -0.15) is 0 Å². The minimum Gasteiger partial charge on any atom is -0.215 e. The molecule has 0 amide bonds. The first-order chi connectivity index (χ1) is 4.22. The molecule has 50 valence electrons. The Bertz CT molecular complexity index is 154. The second-order valence-electron chi connectivity index (χ2n) is 1.53. The number of rotatable bonds is 2. The van der Waals surface area contributed by atoms with Crippen LogP contribution in [-0.4, -0.2) is 0 Å². The van der Waals surface area contributed by atoms with Gasteiger partial charge in [0.25, 0.3) is 0 Å². The molecular weight excluding hydrogens is 122 g/mol. The summed E-state index contributed by atoms with van der Waals surface area (Å²) in [4.78, 5) is 0. The molecule has 0 aliphatic heterocycles. The molecule has 0 unspecified atom stereocenters. The monoisotopic (exact) mass is 130 g/mol. The minimum atomic E-state index is -0.590. The van der Waals surface area contributed by atoms with Crippen LogP contribution in [0.15, 0.2) is 36.5 Å². The first-order valence-corrected chi connectivity index (χ1v) is 2.48. The Labute approximate surface area is 53.2 Å². The lowest BCUT2D eigenvalue weighted by atomic mass is 10.2. The van der Waals surface area contributed by atoms with Gasteiger partial charge >= 0.3 is 0 Å². The van der Waals surface area contributed by atoms with Gasteiger partial charge in [-0.25, -0.2) is 8.78 Å². The van der Waals surface area contributed by atoms with Gasteiger partial charge in [-0.05, 0) is 12.5 Å². The van der Waals surface area contributed by atoms with E-state index in [1.54, 1.807) is 0 Å². The molecule has 2 heteroatoms. The van der Waals surface area contributed by atoms with Gasteiger partial charge in [0.05, 0.1) is 6.33 Å². The molecule has 9 heavy (non-hydrogen) atoms. The Morgan fingerprint density at radius 1 is 1.56 bits per heavy atom. The lowest BCUT2D eigenvalue weighted by Gasteiger charge is -1.88. The highest BCUT2D eigenvalue weighted by molar-refractivity contribution is 5.24. The Morgan fingerprint density at radius 3 is 2.44 bits per heavy atom. The molecule has 0 aromatic rings. The van der Waals surface area contributed by atoms with Crippen LogP contribution in [0.1, 0.15) is 6.92 Å². The third-order valence-electron chi connectivity index (χ3n) is 0.892. The summed E-state index contributed by atoms with van der Waals surface area (Å²) < 4.78 is 23.5. The fourth-order valence-electron chi connectivity index (χ4n) is 0.284. The number of hydrogen-bond acceptors (Lipinski definition) is 0. The van der Waals surface area contributed by atoms with Gasteiger partial charge in [0.1, 0.15) is 5.83 Å². The Balaban J connectivity index is 4.27. The van der Waals surface area contributed by atoms with Crippen molar-refractivity contribution in [2.24, 2.45) is 0 Å². The molecule has 0 spiro atoms. The predicted octanol–water partition coefficient (Wildman–Crippen LogP) is 2.90. The molecule has 0 atom stereocenters. The van der Waals surface area contributed by atoms with Gasteiger partial charge in [-0.3, -0.25) is 0 Å². The van der Waals surface area contributed by atoms with Crippen LogP contribution in [-0.2, 0) is 0 Å². The summed E-state index contributed by atoms with van der Waals surface area (Å²) >= 11 is 0. The highest BCUT2D eigenvalue weighted by Gasteiger charge is 1.89. The zero-order chi connectivity index (χ0) is 7.28. The van der Waals surface area contributed by atoms with Crippen LogP contribution in [0.25, 0.3) is 0 Å². The second kappa shape index (κ2) is 4.01. The third-order valence-corrected chi connectivity index (χ3v) is 0.892. The summed E-state index contributed by atoms with van der Waals surface area (Å²) in [5.41, 5.74) is 0.337. The smallest absolute Gasteiger partial charge is 0.128 e. The van der Waals surface area contributed by atoms with Gasteiger partial charge in [-0.15, -0.1) is 0 Å². The van der Waals surface area contributed by atoms with Crippen molar-refractivity contribution in [2.45, 2.75) is 6.92 Å². The molecule has 0 fully saturated rings. The zero-order valence-corrected chi connectivity index (χ0v) is 5.20. The normalized spacial score (nSPS) is 13.7. The van der Waals surface area contributed by atoms with E-state index in [1.807, 2.05) is 0 Å². The van der Waals surface area contributed by atoms with E-state index in [4.69, 9.17) is 0 Å². The molecule has 0 N–H and O–H groups in total. The van der Waals surface area contributed by atoms with E-state index in [9.17, 15) is 8.78 Å². The van der Waals surface area contributed by atoms with Crippen LogP contribution < -0.4 is 0 Å². The summed E-state index contributed by atoms with van der Waals surface area (Å²) in [7, 11) is 0. The van der Waals surface area contributed by atoms with E-state index in [0.29, 0.717) is 5.57 Å². The summed E-state index contributed by atoms with van der Waals surface area (Å²) in [6, 6.07) is 0. The number of allylic oxidation sites excluding steroid dienone is 4. The fraction of sp³-hybridized carbons (Fsp3) is 0.143. The van der Waals surface area contributed by atoms with Gasteiger partial charge < -0.3 is 0 Å². The van der Waals surface area contributed by atoms with Gasteiger partial charge in [0.15, 0.2) is 0 Å². The van der Waals surface area contributed by atoms with Crippen LogP contribution in [0.4, 0.5) is 8.78 Å². The van der Waals surface area contributed by atoms with Crippen molar-refractivity contribution >= 4 is 0 Å². The maximum Gasteiger partial charge on any atom is 0.128 e. The standard InChI is InChI=1S/C7H8F2/c1-3-6(2)7(9)4-5-8/h3-5H,1H2,2H3/b5-4+,7-6+. The van der Waals surface area contributed by atoms with Crippen molar-refractivity contribution in [1.82, 2.24) is 0 Å². The van der Waals surface area contributed by atoms with Crippen LogP contribution in [0.3, 0.4) is 0 Å². The van der Waals surface area contributed by atoms with E-state index in [2.05, 4.69) is 6.58 Å². The molecule has 0 saturated heterocycles. The predicted molar refractivity (Wildman–Crippen MR) is 34.3 cm³/mol. The van der Waals surface area contributed by atoms with E-state index in [0.717, 1.165) is 6.08 Å². The van der Waals surface area contributed by atoms with Crippen molar-refractivity contribution in [3.63, 3.8) is 0 Å². The molecule has 0 radical (unpaired) electrons. The summed E-state index contributed by atoms with van der Waals surface area (Å²) in [6.07, 6.45) is 2.23. The van der Waals surface area contributed by atoms with Crippen molar-refractivity contribution in [2.75, 3.05) is 0 Å². The molecule has 0 rings (SSSR count). The molecule has 0 saturated carbocycles. The third kappa shape index (κ3) is 2.80. The maximum absolute atomic E-state index is 12.3. The first kappa shape index (κ1) is 8.08. The molecule has 0 heterocycles. The SMILES string of the molecule is C=C/C(C)=C(F)\C=C\F. The van der Waals surface area contributed by atoms with E-state index in [-0.39, 0.29) is 6.33 Å². The van der Waals surface area contributed by atoms with Crippen molar-refractivity contribution in [1.29, 1.82) is 0 Å². The Kier molecular flexibility index (Phi) is 3.60. The van der Waals surface area contributed by atoms with Gasteiger partial charge in [-0.1, -0.05) is 12.7 Å². The largest absolute Gasteiger partial charge is 0.215 e. The Morgan fingerprint density at radius 2 is 2.11 bits per heavy atom. The molecule has 0 nitrogen and oxygen atoms in total. The quantitative estimate of drug-likeness (QED) is 0.504. The molecule has 0 aliphatic carbocycles. The van der Waals surface area contributed by atoms with Gasteiger partial charge in [0, 0.05) is 6.08 Å². The Hall–Kier alpha value is -0.920. The number of halogens is 2. The van der Waals surface area contributed by atoms with E-state index >= 15 is 0 Å². The van der Waals surface area contributed by atoms with Crippen LogP contribution in [0.5, 0.6) is 0 Å². The highest BCUT2D eigenvalue weighted by Crippen LogP contribution is 2.07. The fourth-order valence-corrected chi connectivity index (χ4v) is 0.284. The highest BCUT2D eigenvalue weighted by atomic mass is 19.1. The molecule has 0 aliphatic rings. The molecular formula is C7H8F2. The molecule has 0 aromatic carbocycles.